The van der Waals surface area contributed by atoms with Gasteiger partial charge in [0.25, 0.3) is 0 Å². The molecule has 0 saturated heterocycles. The third kappa shape index (κ3) is 1.35. The normalized spacial score (nSPS) is 13.6. The zero-order valence-corrected chi connectivity index (χ0v) is 7.46. The molecule has 0 aliphatic heterocycles. The number of nitrogens with zero attached hydrogens (tertiary/aromatic N) is 3. The van der Waals surface area contributed by atoms with Gasteiger partial charge in [-0.1, -0.05) is 0 Å². The first-order valence-corrected chi connectivity index (χ1v) is 3.72. The third-order valence-electron chi connectivity index (χ3n) is 1.18. The first kappa shape index (κ1) is 7.68. The summed E-state index contributed by atoms with van der Waals surface area (Å²) in [5.74, 6) is 0.784. The van der Waals surface area contributed by atoms with Gasteiger partial charge in [-0.15, -0.1) is 5.10 Å². The highest BCUT2D eigenvalue weighted by atomic mass is 79.9. The molecule has 0 amide bonds. The second kappa shape index (κ2) is 2.67. The van der Waals surface area contributed by atoms with Gasteiger partial charge in [0.15, 0.2) is 0 Å². The van der Waals surface area contributed by atoms with E-state index in [2.05, 4.69) is 26.0 Å². The number of aromatic nitrogens is 3. The molecule has 10 heavy (non-hydrogen) atoms. The summed E-state index contributed by atoms with van der Waals surface area (Å²) in [6.45, 7) is 1.87. The van der Waals surface area contributed by atoms with Crippen molar-refractivity contribution >= 4 is 15.9 Å². The molecule has 4 nitrogen and oxygen atoms in total. The molecule has 1 atom stereocenters. The second-order valence-corrected chi connectivity index (χ2v) is 2.86. The van der Waals surface area contributed by atoms with Crippen LogP contribution in [0.2, 0.25) is 0 Å². The lowest BCUT2D eigenvalue weighted by Gasteiger charge is -2.00. The van der Waals surface area contributed by atoms with E-state index in [4.69, 9.17) is 5.73 Å². The summed E-state index contributed by atoms with van der Waals surface area (Å²) in [5, 5.41) is 3.97. The predicted molar refractivity (Wildman–Crippen MR) is 41.3 cm³/mol. The maximum atomic E-state index is 5.58. The van der Waals surface area contributed by atoms with E-state index in [1.165, 1.54) is 0 Å². The molecule has 0 bridgehead atoms. The van der Waals surface area contributed by atoms with Crippen molar-refractivity contribution in [2.75, 3.05) is 0 Å². The molecule has 2 N–H and O–H groups in total. The number of halogens is 1. The van der Waals surface area contributed by atoms with Crippen LogP contribution in [0.25, 0.3) is 0 Å². The van der Waals surface area contributed by atoms with E-state index in [9.17, 15) is 0 Å². The Morgan fingerprint density at radius 3 is 2.50 bits per heavy atom. The van der Waals surface area contributed by atoms with Gasteiger partial charge in [-0.2, -0.15) is 0 Å². The average Bonchev–Trinajstić information content (AvgIpc) is 2.10. The summed E-state index contributed by atoms with van der Waals surface area (Å²) >= 11 is 3.15. The summed E-state index contributed by atoms with van der Waals surface area (Å²) in [5.41, 5.74) is 5.58. The Labute approximate surface area is 67.6 Å². The standard InChI is InChI=1S/C5H9BrN4/c1-3(7)4-8-5(6)9-10(4)2/h3H,7H2,1-2H3. The van der Waals surface area contributed by atoms with Gasteiger partial charge in [-0.3, -0.25) is 4.68 Å². The summed E-state index contributed by atoms with van der Waals surface area (Å²) in [6.07, 6.45) is 0. The van der Waals surface area contributed by atoms with Crippen molar-refractivity contribution in [1.82, 2.24) is 14.8 Å². The third-order valence-corrected chi connectivity index (χ3v) is 1.51. The van der Waals surface area contributed by atoms with E-state index in [0.717, 1.165) is 5.82 Å². The van der Waals surface area contributed by atoms with E-state index in [-0.39, 0.29) is 6.04 Å². The van der Waals surface area contributed by atoms with Crippen LogP contribution in [0.15, 0.2) is 4.73 Å². The Morgan fingerprint density at radius 2 is 2.30 bits per heavy atom. The van der Waals surface area contributed by atoms with Crippen LogP contribution >= 0.6 is 15.9 Å². The Hall–Kier alpha value is -0.420. The van der Waals surface area contributed by atoms with Gasteiger partial charge in [-0.25, -0.2) is 4.98 Å². The number of aryl methyl sites for hydroxylation is 1. The van der Waals surface area contributed by atoms with E-state index in [1.807, 2.05) is 14.0 Å². The van der Waals surface area contributed by atoms with Crippen LogP contribution in [-0.4, -0.2) is 14.8 Å². The zero-order chi connectivity index (χ0) is 7.72. The minimum absolute atomic E-state index is 0.0659. The van der Waals surface area contributed by atoms with Crippen LogP contribution in [0.1, 0.15) is 18.8 Å². The zero-order valence-electron chi connectivity index (χ0n) is 5.87. The molecule has 56 valence electrons. The lowest BCUT2D eigenvalue weighted by atomic mass is 10.3. The van der Waals surface area contributed by atoms with Crippen molar-refractivity contribution in [1.29, 1.82) is 0 Å². The van der Waals surface area contributed by atoms with Crippen LogP contribution < -0.4 is 5.73 Å². The lowest BCUT2D eigenvalue weighted by molar-refractivity contribution is 0.638. The molecule has 5 heteroatoms. The SMILES string of the molecule is CC(N)c1nc(Br)nn1C. The molecule has 0 aliphatic carbocycles. The van der Waals surface area contributed by atoms with Crippen LogP contribution in [0.4, 0.5) is 0 Å². The molecule has 1 heterocycles. The molecule has 1 rings (SSSR count). The van der Waals surface area contributed by atoms with Gasteiger partial charge in [0, 0.05) is 7.05 Å². The maximum absolute atomic E-state index is 5.58. The van der Waals surface area contributed by atoms with Crippen molar-refractivity contribution in [3.05, 3.63) is 10.6 Å². The summed E-state index contributed by atoms with van der Waals surface area (Å²) < 4.78 is 2.25. The minimum Gasteiger partial charge on any atom is -0.322 e. The van der Waals surface area contributed by atoms with E-state index < -0.39 is 0 Å². The molecule has 1 aromatic rings. The highest BCUT2D eigenvalue weighted by Gasteiger charge is 2.07. The number of hydrogen-bond donors (Lipinski definition) is 1. The van der Waals surface area contributed by atoms with Crippen LogP contribution in [0, 0.1) is 0 Å². The Kier molecular flexibility index (Phi) is 2.05. The summed E-state index contributed by atoms with van der Waals surface area (Å²) in [6, 6.07) is -0.0659. The lowest BCUT2D eigenvalue weighted by Crippen LogP contribution is -2.11. The number of hydrogen-bond acceptors (Lipinski definition) is 3. The highest BCUT2D eigenvalue weighted by Crippen LogP contribution is 2.08. The predicted octanol–water partition coefficient (Wildman–Crippen LogP) is 0.597. The first-order valence-electron chi connectivity index (χ1n) is 2.93. The van der Waals surface area contributed by atoms with Gasteiger partial charge >= 0.3 is 0 Å². The van der Waals surface area contributed by atoms with Crippen molar-refractivity contribution in [2.24, 2.45) is 12.8 Å². The van der Waals surface area contributed by atoms with Crippen LogP contribution in [0.5, 0.6) is 0 Å². The largest absolute Gasteiger partial charge is 0.322 e. The number of rotatable bonds is 1. The maximum Gasteiger partial charge on any atom is 0.217 e. The quantitative estimate of drug-likeness (QED) is 0.730. The van der Waals surface area contributed by atoms with E-state index in [0.29, 0.717) is 4.73 Å². The molecular formula is C5H9BrN4. The van der Waals surface area contributed by atoms with Crippen molar-refractivity contribution < 1.29 is 0 Å². The van der Waals surface area contributed by atoms with E-state index >= 15 is 0 Å². The minimum atomic E-state index is -0.0659. The molecule has 0 aromatic carbocycles. The molecule has 0 spiro atoms. The molecule has 0 aliphatic rings. The first-order chi connectivity index (χ1) is 4.61. The fraction of sp³-hybridized carbons (Fsp3) is 0.600. The Bertz CT molecular complexity index is 230. The van der Waals surface area contributed by atoms with Crippen LogP contribution in [0.3, 0.4) is 0 Å². The van der Waals surface area contributed by atoms with Gasteiger partial charge in [0.1, 0.15) is 5.82 Å². The molecule has 0 saturated carbocycles. The molecule has 0 fully saturated rings. The molecule has 0 radical (unpaired) electrons. The summed E-state index contributed by atoms with van der Waals surface area (Å²) in [7, 11) is 1.82. The van der Waals surface area contributed by atoms with Gasteiger partial charge in [0.2, 0.25) is 4.73 Å². The molecule has 1 unspecified atom stereocenters. The van der Waals surface area contributed by atoms with Crippen molar-refractivity contribution in [3.8, 4) is 0 Å². The monoisotopic (exact) mass is 204 g/mol. The highest BCUT2D eigenvalue weighted by molar-refractivity contribution is 9.10. The topological polar surface area (TPSA) is 56.7 Å². The van der Waals surface area contributed by atoms with E-state index in [1.54, 1.807) is 4.68 Å². The smallest absolute Gasteiger partial charge is 0.217 e. The van der Waals surface area contributed by atoms with Crippen LogP contribution in [-0.2, 0) is 7.05 Å². The van der Waals surface area contributed by atoms with Gasteiger partial charge in [-0.05, 0) is 22.9 Å². The Morgan fingerprint density at radius 1 is 1.70 bits per heavy atom. The molecule has 1 aromatic heterocycles. The average molecular weight is 205 g/mol. The Balaban J connectivity index is 3.03. The van der Waals surface area contributed by atoms with Gasteiger partial charge in [0.05, 0.1) is 6.04 Å². The van der Waals surface area contributed by atoms with Crippen molar-refractivity contribution in [2.45, 2.75) is 13.0 Å². The fourth-order valence-electron chi connectivity index (χ4n) is 0.761. The molecular weight excluding hydrogens is 196 g/mol. The summed E-state index contributed by atoms with van der Waals surface area (Å²) in [4.78, 5) is 4.05. The number of nitrogens with two attached hydrogens (primary N) is 1. The fourth-order valence-corrected chi connectivity index (χ4v) is 1.18. The van der Waals surface area contributed by atoms with Crippen molar-refractivity contribution in [3.63, 3.8) is 0 Å². The van der Waals surface area contributed by atoms with Gasteiger partial charge < -0.3 is 5.73 Å². The second-order valence-electron chi connectivity index (χ2n) is 2.15.